The van der Waals surface area contributed by atoms with Gasteiger partial charge in [-0.05, 0) is 0 Å². The van der Waals surface area contributed by atoms with Crippen molar-refractivity contribution >= 4 is 6.09 Å². The van der Waals surface area contributed by atoms with E-state index in [4.69, 9.17) is 4.74 Å². The second-order valence-electron chi connectivity index (χ2n) is 3.18. The van der Waals surface area contributed by atoms with Crippen molar-refractivity contribution in [2.75, 3.05) is 26.2 Å². The molecule has 0 atom stereocenters. The Kier molecular flexibility index (Phi) is 3.08. The normalized spacial score (nSPS) is 16.1. The molecule has 2 rings (SSSR count). The molecule has 6 nitrogen and oxygen atoms in total. The Balaban J connectivity index is 1.91. The number of rotatable bonds is 1. The summed E-state index contributed by atoms with van der Waals surface area (Å²) in [6.45, 7) is 2.96. The molecule has 0 unspecified atom stereocenters. The number of carbonyl (C=O) groups excluding carboxylic acids is 1. The van der Waals surface area contributed by atoms with Gasteiger partial charge in [0.2, 0.25) is 0 Å². The van der Waals surface area contributed by atoms with Crippen LogP contribution in [0.5, 0.6) is 5.75 Å². The van der Waals surface area contributed by atoms with Gasteiger partial charge >= 0.3 is 6.09 Å². The Hall–Kier alpha value is -1.69. The summed E-state index contributed by atoms with van der Waals surface area (Å²) in [4.78, 5) is 20.8. The third-order valence-corrected chi connectivity index (χ3v) is 2.12. The zero-order valence-electron chi connectivity index (χ0n) is 8.22. The summed E-state index contributed by atoms with van der Waals surface area (Å²) in [7, 11) is 0. The number of aromatic nitrogens is 2. The van der Waals surface area contributed by atoms with Crippen LogP contribution in [0.15, 0.2) is 18.7 Å². The number of hydrogen-bond acceptors (Lipinski definition) is 5. The molecule has 1 amide bonds. The number of ether oxygens (including phenoxy) is 1. The standard InChI is InChI=1S/C9H12N4O2/c14-9(13-3-1-10-2-4-13)15-8-5-11-7-12-6-8/h5-7,10H,1-4H2. The Bertz CT molecular complexity index is 324. The Morgan fingerprint density at radius 3 is 2.67 bits per heavy atom. The van der Waals surface area contributed by atoms with Crippen LogP contribution in [0.3, 0.4) is 0 Å². The largest absolute Gasteiger partial charge is 0.415 e. The lowest BCUT2D eigenvalue weighted by atomic mass is 10.4. The molecule has 0 radical (unpaired) electrons. The Labute approximate surface area is 87.3 Å². The monoisotopic (exact) mass is 208 g/mol. The van der Waals surface area contributed by atoms with Crippen LogP contribution in [-0.2, 0) is 0 Å². The van der Waals surface area contributed by atoms with Gasteiger partial charge in [-0.25, -0.2) is 14.8 Å². The highest BCUT2D eigenvalue weighted by atomic mass is 16.6. The summed E-state index contributed by atoms with van der Waals surface area (Å²) in [5.41, 5.74) is 0. The van der Waals surface area contributed by atoms with Crippen molar-refractivity contribution in [3.8, 4) is 5.75 Å². The quantitative estimate of drug-likeness (QED) is 0.697. The molecule has 0 aliphatic carbocycles. The van der Waals surface area contributed by atoms with Gasteiger partial charge in [0.05, 0.1) is 12.4 Å². The van der Waals surface area contributed by atoms with E-state index in [1.807, 2.05) is 0 Å². The van der Waals surface area contributed by atoms with Gasteiger partial charge in [-0.2, -0.15) is 0 Å². The molecule has 2 heterocycles. The van der Waals surface area contributed by atoms with Crippen LogP contribution in [0.2, 0.25) is 0 Å². The molecule has 1 aliphatic rings. The first kappa shape index (κ1) is 9.85. The molecule has 1 N–H and O–H groups in total. The lowest BCUT2D eigenvalue weighted by Crippen LogP contribution is -2.47. The van der Waals surface area contributed by atoms with Gasteiger partial charge in [-0.3, -0.25) is 0 Å². The molecule has 0 saturated carbocycles. The lowest BCUT2D eigenvalue weighted by molar-refractivity contribution is 0.145. The molecule has 0 bridgehead atoms. The van der Waals surface area contributed by atoms with Crippen LogP contribution in [-0.4, -0.2) is 47.1 Å². The molecular formula is C9H12N4O2. The summed E-state index contributed by atoms with van der Waals surface area (Å²) in [6, 6.07) is 0. The number of piperazine rings is 1. The zero-order chi connectivity index (χ0) is 10.5. The molecule has 0 spiro atoms. The van der Waals surface area contributed by atoms with Crippen LogP contribution >= 0.6 is 0 Å². The van der Waals surface area contributed by atoms with Gasteiger partial charge in [0.25, 0.3) is 0 Å². The molecule has 15 heavy (non-hydrogen) atoms. The molecule has 1 fully saturated rings. The van der Waals surface area contributed by atoms with E-state index in [0.717, 1.165) is 13.1 Å². The van der Waals surface area contributed by atoms with Gasteiger partial charge in [0.15, 0.2) is 5.75 Å². The van der Waals surface area contributed by atoms with E-state index in [-0.39, 0.29) is 6.09 Å². The number of amides is 1. The smallest absolute Gasteiger partial charge is 0.407 e. The highest BCUT2D eigenvalue weighted by Gasteiger charge is 2.17. The van der Waals surface area contributed by atoms with Crippen molar-refractivity contribution < 1.29 is 9.53 Å². The summed E-state index contributed by atoms with van der Waals surface area (Å²) < 4.78 is 5.09. The predicted octanol–water partition coefficient (Wildman–Crippen LogP) is -0.119. The van der Waals surface area contributed by atoms with Crippen molar-refractivity contribution in [3.63, 3.8) is 0 Å². The SMILES string of the molecule is O=C(Oc1cncnc1)N1CCNCC1. The van der Waals surface area contributed by atoms with Gasteiger partial charge in [0, 0.05) is 26.2 Å². The molecule has 0 aromatic carbocycles. The maximum absolute atomic E-state index is 11.6. The first-order chi connectivity index (χ1) is 7.36. The fourth-order valence-corrected chi connectivity index (χ4v) is 1.35. The molecule has 6 heteroatoms. The summed E-state index contributed by atoms with van der Waals surface area (Å²) in [6.07, 6.45) is 3.98. The van der Waals surface area contributed by atoms with E-state index < -0.39 is 0 Å². The third-order valence-electron chi connectivity index (χ3n) is 2.12. The predicted molar refractivity (Wildman–Crippen MR) is 52.5 cm³/mol. The van der Waals surface area contributed by atoms with Crippen molar-refractivity contribution in [1.29, 1.82) is 0 Å². The molecule has 1 aromatic heterocycles. The molecule has 1 aromatic rings. The van der Waals surface area contributed by atoms with Crippen LogP contribution in [0, 0.1) is 0 Å². The molecular weight excluding hydrogens is 196 g/mol. The minimum atomic E-state index is -0.341. The fourth-order valence-electron chi connectivity index (χ4n) is 1.35. The summed E-state index contributed by atoms with van der Waals surface area (Å²) >= 11 is 0. The summed E-state index contributed by atoms with van der Waals surface area (Å²) in [5.74, 6) is 0.376. The number of carbonyl (C=O) groups is 1. The van der Waals surface area contributed by atoms with Gasteiger partial charge < -0.3 is 15.0 Å². The second-order valence-corrected chi connectivity index (χ2v) is 3.18. The van der Waals surface area contributed by atoms with Crippen LogP contribution in [0.4, 0.5) is 4.79 Å². The molecule has 80 valence electrons. The lowest BCUT2D eigenvalue weighted by Gasteiger charge is -2.26. The van der Waals surface area contributed by atoms with Crippen molar-refractivity contribution in [2.24, 2.45) is 0 Å². The first-order valence-corrected chi connectivity index (χ1v) is 4.79. The number of nitrogens with one attached hydrogen (secondary N) is 1. The maximum atomic E-state index is 11.6. The van der Waals surface area contributed by atoms with E-state index in [1.54, 1.807) is 4.90 Å². The van der Waals surface area contributed by atoms with Crippen molar-refractivity contribution in [1.82, 2.24) is 20.2 Å². The zero-order valence-corrected chi connectivity index (χ0v) is 8.22. The van der Waals surface area contributed by atoms with E-state index >= 15 is 0 Å². The van der Waals surface area contributed by atoms with Crippen LogP contribution in [0.1, 0.15) is 0 Å². The van der Waals surface area contributed by atoms with Gasteiger partial charge in [-0.15, -0.1) is 0 Å². The van der Waals surface area contributed by atoms with E-state index in [1.165, 1.54) is 18.7 Å². The topological polar surface area (TPSA) is 67.3 Å². The Morgan fingerprint density at radius 2 is 2.00 bits per heavy atom. The Morgan fingerprint density at radius 1 is 1.33 bits per heavy atom. The van der Waals surface area contributed by atoms with E-state index in [2.05, 4.69) is 15.3 Å². The average Bonchev–Trinajstić information content (AvgIpc) is 2.31. The average molecular weight is 208 g/mol. The highest BCUT2D eigenvalue weighted by molar-refractivity contribution is 5.70. The highest BCUT2D eigenvalue weighted by Crippen LogP contribution is 2.07. The number of hydrogen-bond donors (Lipinski definition) is 1. The van der Waals surface area contributed by atoms with Crippen molar-refractivity contribution in [3.05, 3.63) is 18.7 Å². The van der Waals surface area contributed by atoms with Crippen molar-refractivity contribution in [2.45, 2.75) is 0 Å². The fraction of sp³-hybridized carbons (Fsp3) is 0.444. The minimum Gasteiger partial charge on any atom is -0.407 e. The first-order valence-electron chi connectivity index (χ1n) is 4.79. The van der Waals surface area contributed by atoms with E-state index in [0.29, 0.717) is 18.8 Å². The van der Waals surface area contributed by atoms with Gasteiger partial charge in [0.1, 0.15) is 6.33 Å². The minimum absolute atomic E-state index is 0.341. The second kappa shape index (κ2) is 4.70. The number of nitrogens with zero attached hydrogens (tertiary/aromatic N) is 3. The van der Waals surface area contributed by atoms with Crippen LogP contribution < -0.4 is 10.1 Å². The summed E-state index contributed by atoms with van der Waals surface area (Å²) in [5, 5.41) is 3.16. The van der Waals surface area contributed by atoms with Gasteiger partial charge in [-0.1, -0.05) is 0 Å². The van der Waals surface area contributed by atoms with Crippen LogP contribution in [0.25, 0.3) is 0 Å². The third kappa shape index (κ3) is 2.63. The molecule has 1 aliphatic heterocycles. The maximum Gasteiger partial charge on any atom is 0.415 e. The van der Waals surface area contributed by atoms with E-state index in [9.17, 15) is 4.79 Å². The molecule has 1 saturated heterocycles.